The zero-order valence-electron chi connectivity index (χ0n) is 8.95. The highest BCUT2D eigenvalue weighted by Gasteiger charge is 2.15. The highest BCUT2D eigenvalue weighted by Crippen LogP contribution is 2.28. The Balaban J connectivity index is 2.27. The Bertz CT molecular complexity index is 564. The van der Waals surface area contributed by atoms with Crippen molar-refractivity contribution in [1.82, 2.24) is 14.8 Å². The molecule has 7 nitrogen and oxygen atoms in total. The first kappa shape index (κ1) is 10.9. The summed E-state index contributed by atoms with van der Waals surface area (Å²) in [5, 5.41) is 25.0. The molecule has 7 heteroatoms. The van der Waals surface area contributed by atoms with Crippen LogP contribution in [0.3, 0.4) is 0 Å². The minimum absolute atomic E-state index is 0.0343. The fourth-order valence-electron chi connectivity index (χ4n) is 1.29. The first-order valence-corrected chi connectivity index (χ1v) is 4.76. The van der Waals surface area contributed by atoms with Crippen molar-refractivity contribution in [2.75, 3.05) is 5.32 Å². The molecule has 88 valence electrons. The van der Waals surface area contributed by atoms with Crippen LogP contribution in [0.4, 0.5) is 5.95 Å². The Morgan fingerprint density at radius 2 is 2.18 bits per heavy atom. The summed E-state index contributed by atoms with van der Waals surface area (Å²) in [7, 11) is 1.62. The van der Waals surface area contributed by atoms with Crippen molar-refractivity contribution in [2.45, 2.75) is 0 Å². The molecule has 0 saturated carbocycles. The van der Waals surface area contributed by atoms with Crippen LogP contribution in [0.15, 0.2) is 24.5 Å². The van der Waals surface area contributed by atoms with Crippen LogP contribution in [0.2, 0.25) is 0 Å². The number of phenols is 2. The van der Waals surface area contributed by atoms with Crippen molar-refractivity contribution in [3.8, 4) is 11.5 Å². The minimum atomic E-state index is -0.575. The number of aryl methyl sites for hydroxylation is 1. The summed E-state index contributed by atoms with van der Waals surface area (Å²) in [6.07, 6.45) is 1.29. The maximum atomic E-state index is 11.8. The molecule has 0 aliphatic heterocycles. The van der Waals surface area contributed by atoms with E-state index < -0.39 is 11.7 Å². The molecule has 1 aromatic carbocycles. The van der Waals surface area contributed by atoms with Gasteiger partial charge in [-0.3, -0.25) is 10.1 Å². The lowest BCUT2D eigenvalue weighted by Crippen LogP contribution is -2.15. The SMILES string of the molecule is Cn1ncnc1NC(=O)c1cccc(O)c1O. The number of carbonyl (C=O) groups excluding carboxylic acids is 1. The van der Waals surface area contributed by atoms with Crippen LogP contribution in [-0.2, 0) is 7.05 Å². The van der Waals surface area contributed by atoms with Gasteiger partial charge >= 0.3 is 0 Å². The number of hydrogen-bond donors (Lipinski definition) is 3. The third-order valence-electron chi connectivity index (χ3n) is 2.20. The molecule has 0 bridgehead atoms. The summed E-state index contributed by atoms with van der Waals surface area (Å²) in [4.78, 5) is 15.6. The normalized spacial score (nSPS) is 10.2. The number of aromatic hydroxyl groups is 2. The molecule has 0 unspecified atom stereocenters. The van der Waals surface area contributed by atoms with Crippen LogP contribution < -0.4 is 5.32 Å². The molecule has 1 amide bonds. The number of rotatable bonds is 2. The molecule has 3 N–H and O–H groups in total. The zero-order chi connectivity index (χ0) is 12.4. The van der Waals surface area contributed by atoms with Crippen molar-refractivity contribution >= 4 is 11.9 Å². The summed E-state index contributed by atoms with van der Waals surface area (Å²) < 4.78 is 1.37. The maximum absolute atomic E-state index is 11.8. The van der Waals surface area contributed by atoms with Gasteiger partial charge in [0, 0.05) is 7.05 Å². The quantitative estimate of drug-likeness (QED) is 0.656. The van der Waals surface area contributed by atoms with Gasteiger partial charge in [0.1, 0.15) is 6.33 Å². The second kappa shape index (κ2) is 4.12. The maximum Gasteiger partial charge on any atom is 0.261 e. The topological polar surface area (TPSA) is 100 Å². The Morgan fingerprint density at radius 3 is 2.82 bits per heavy atom. The number of carbonyl (C=O) groups is 1. The second-order valence-corrected chi connectivity index (χ2v) is 3.33. The summed E-state index contributed by atoms with van der Waals surface area (Å²) >= 11 is 0. The molecule has 0 saturated heterocycles. The van der Waals surface area contributed by atoms with Crippen LogP contribution >= 0.6 is 0 Å². The fourth-order valence-corrected chi connectivity index (χ4v) is 1.29. The van der Waals surface area contributed by atoms with E-state index in [9.17, 15) is 15.0 Å². The van der Waals surface area contributed by atoms with Gasteiger partial charge in [0.2, 0.25) is 5.95 Å². The third kappa shape index (κ3) is 2.03. The molecule has 0 aliphatic rings. The van der Waals surface area contributed by atoms with E-state index in [0.29, 0.717) is 0 Å². The van der Waals surface area contributed by atoms with Gasteiger partial charge in [-0.1, -0.05) is 6.07 Å². The van der Waals surface area contributed by atoms with Crippen LogP contribution in [0.25, 0.3) is 0 Å². The van der Waals surface area contributed by atoms with Crippen LogP contribution in [-0.4, -0.2) is 30.9 Å². The standard InChI is InChI=1S/C10H10N4O3/c1-14-10(11-5-12-14)13-9(17)6-3-2-4-7(15)8(6)16/h2-5,15-16H,1H3,(H,11,12,13,17). The molecular formula is C10H10N4O3. The molecular weight excluding hydrogens is 224 g/mol. The monoisotopic (exact) mass is 234 g/mol. The third-order valence-corrected chi connectivity index (χ3v) is 2.20. The first-order chi connectivity index (χ1) is 8.09. The predicted molar refractivity (Wildman–Crippen MR) is 58.7 cm³/mol. The lowest BCUT2D eigenvalue weighted by atomic mass is 10.2. The minimum Gasteiger partial charge on any atom is -0.504 e. The lowest BCUT2D eigenvalue weighted by Gasteiger charge is -2.06. The molecule has 2 rings (SSSR count). The number of nitrogens with one attached hydrogen (secondary N) is 1. The van der Waals surface area contributed by atoms with E-state index in [2.05, 4.69) is 15.4 Å². The predicted octanol–water partition coefficient (Wildman–Crippen LogP) is 0.479. The van der Waals surface area contributed by atoms with Crippen molar-refractivity contribution < 1.29 is 15.0 Å². The summed E-state index contributed by atoms with van der Waals surface area (Å²) in [5.41, 5.74) is -0.0343. The summed E-state index contributed by atoms with van der Waals surface area (Å²) in [6.45, 7) is 0. The van der Waals surface area contributed by atoms with Crippen molar-refractivity contribution in [1.29, 1.82) is 0 Å². The number of nitrogens with zero attached hydrogens (tertiary/aromatic N) is 3. The van der Waals surface area contributed by atoms with Crippen molar-refractivity contribution in [3.63, 3.8) is 0 Å². The Labute approximate surface area is 96.3 Å². The summed E-state index contributed by atoms with van der Waals surface area (Å²) in [6, 6.07) is 4.13. The van der Waals surface area contributed by atoms with Crippen molar-refractivity contribution in [3.05, 3.63) is 30.1 Å². The first-order valence-electron chi connectivity index (χ1n) is 4.76. The van der Waals surface area contributed by atoms with Crippen LogP contribution in [0.1, 0.15) is 10.4 Å². The van der Waals surface area contributed by atoms with Gasteiger partial charge < -0.3 is 10.2 Å². The molecule has 2 aromatic rings. The van der Waals surface area contributed by atoms with E-state index in [0.717, 1.165) is 0 Å². The van der Waals surface area contributed by atoms with Gasteiger partial charge in [-0.05, 0) is 12.1 Å². The van der Waals surface area contributed by atoms with Gasteiger partial charge in [-0.25, -0.2) is 4.68 Å². The Kier molecular flexibility index (Phi) is 2.65. The number of hydrogen-bond acceptors (Lipinski definition) is 5. The van der Waals surface area contributed by atoms with E-state index in [1.807, 2.05) is 0 Å². The van der Waals surface area contributed by atoms with Gasteiger partial charge in [0.05, 0.1) is 5.56 Å². The highest BCUT2D eigenvalue weighted by molar-refractivity contribution is 6.05. The number of aromatic nitrogens is 3. The fraction of sp³-hybridized carbons (Fsp3) is 0.100. The molecule has 0 atom stereocenters. The molecule has 1 heterocycles. The van der Waals surface area contributed by atoms with E-state index in [-0.39, 0.29) is 17.3 Å². The molecule has 0 aliphatic carbocycles. The smallest absolute Gasteiger partial charge is 0.261 e. The average Bonchev–Trinajstić information content (AvgIpc) is 2.68. The van der Waals surface area contributed by atoms with Gasteiger partial charge in [-0.2, -0.15) is 10.1 Å². The molecule has 1 aromatic heterocycles. The average molecular weight is 234 g/mol. The van der Waals surface area contributed by atoms with Gasteiger partial charge in [-0.15, -0.1) is 0 Å². The summed E-state index contributed by atoms with van der Waals surface area (Å²) in [5.74, 6) is -1.14. The number of phenolic OH excluding ortho intramolecular Hbond substituents is 2. The highest BCUT2D eigenvalue weighted by atomic mass is 16.3. The molecule has 17 heavy (non-hydrogen) atoms. The number of benzene rings is 1. The molecule has 0 spiro atoms. The Hall–Kier alpha value is -2.57. The zero-order valence-corrected chi connectivity index (χ0v) is 8.95. The molecule has 0 fully saturated rings. The second-order valence-electron chi connectivity index (χ2n) is 3.33. The number of para-hydroxylation sites is 1. The number of amides is 1. The van der Waals surface area contributed by atoms with Crippen LogP contribution in [0.5, 0.6) is 11.5 Å². The van der Waals surface area contributed by atoms with Gasteiger partial charge in [0.15, 0.2) is 11.5 Å². The lowest BCUT2D eigenvalue weighted by molar-refractivity contribution is 0.102. The largest absolute Gasteiger partial charge is 0.504 e. The Morgan fingerprint density at radius 1 is 1.41 bits per heavy atom. The number of anilines is 1. The van der Waals surface area contributed by atoms with Crippen molar-refractivity contribution in [2.24, 2.45) is 7.05 Å². The van der Waals surface area contributed by atoms with E-state index >= 15 is 0 Å². The van der Waals surface area contributed by atoms with E-state index in [4.69, 9.17) is 0 Å². The van der Waals surface area contributed by atoms with E-state index in [1.54, 1.807) is 7.05 Å². The van der Waals surface area contributed by atoms with E-state index in [1.165, 1.54) is 29.2 Å². The van der Waals surface area contributed by atoms with Gasteiger partial charge in [0.25, 0.3) is 5.91 Å². The van der Waals surface area contributed by atoms with Crippen LogP contribution in [0, 0.1) is 0 Å². The molecule has 0 radical (unpaired) electrons.